The van der Waals surface area contributed by atoms with Crippen molar-refractivity contribution in [3.63, 3.8) is 0 Å². The van der Waals surface area contributed by atoms with Gasteiger partial charge in [-0.05, 0) is 61.8 Å². The summed E-state index contributed by atoms with van der Waals surface area (Å²) < 4.78 is 30.2. The van der Waals surface area contributed by atoms with E-state index in [-0.39, 0.29) is 30.1 Å². The van der Waals surface area contributed by atoms with E-state index in [1.165, 1.54) is 13.8 Å². The quantitative estimate of drug-likeness (QED) is 0.283. The number of aliphatic hydroxyl groups is 1. The van der Waals surface area contributed by atoms with Crippen LogP contribution in [0.2, 0.25) is 0 Å². The van der Waals surface area contributed by atoms with Gasteiger partial charge in [-0.3, -0.25) is 14.6 Å². The van der Waals surface area contributed by atoms with Crippen molar-refractivity contribution in [3.05, 3.63) is 82.5 Å². The largest absolute Gasteiger partial charge is 0.482 e. The zero-order valence-electron chi connectivity index (χ0n) is 27.1. The van der Waals surface area contributed by atoms with Crippen molar-refractivity contribution in [1.29, 1.82) is 0 Å². The first-order valence-corrected chi connectivity index (χ1v) is 15.8. The van der Waals surface area contributed by atoms with Gasteiger partial charge in [0.25, 0.3) is 0 Å². The molecule has 8 atom stereocenters. The highest BCUT2D eigenvalue weighted by atomic mass is 16.6. The normalized spacial score (nSPS) is 32.4. The monoisotopic (exact) mass is 645 g/mol. The summed E-state index contributed by atoms with van der Waals surface area (Å²) in [6.45, 7) is 8.26. The molecule has 0 saturated heterocycles. The number of nitrogens with zero attached hydrogens (tertiary/aromatic N) is 1. The number of fused-ring (bicyclic) bond motifs is 4. The first-order chi connectivity index (χ1) is 22.3. The van der Waals surface area contributed by atoms with E-state index in [1.807, 2.05) is 13.8 Å². The van der Waals surface area contributed by atoms with Gasteiger partial charge in [0.2, 0.25) is 0 Å². The Labute approximate surface area is 272 Å². The third-order valence-electron chi connectivity index (χ3n) is 10.7. The number of ether oxygens (including phenoxy) is 4. The van der Waals surface area contributed by atoms with Crippen LogP contribution in [0.5, 0.6) is 5.75 Å². The van der Waals surface area contributed by atoms with Crippen LogP contribution in [0.15, 0.2) is 70.1 Å². The Balaban J connectivity index is 1.51. The summed E-state index contributed by atoms with van der Waals surface area (Å²) >= 11 is 0. The summed E-state index contributed by atoms with van der Waals surface area (Å²) in [4.78, 5) is 55.7. The smallest absolute Gasteiger partial charge is 0.345 e. The standard InChI is InChI=1S/C36H39NO10/c1-20(38)43-19-35(4)26-17-28(46-32(41)22-10-7-6-8-11-22)36(5)31(34(26,3)14-13-27(35)44-21(2)39)30(40)29-25(47-36)16-24(45-33(29)42)23-12-9-15-37-18-23/h6-12,15-16,18,26-28,30-31,40H,13-14,17,19H2,1-5H3/t26?,27-,28-,30-,31?,34-,35-,36+/m0/s1. The molecule has 0 spiro atoms. The lowest BCUT2D eigenvalue weighted by atomic mass is 9.42. The molecule has 3 aliphatic rings. The van der Waals surface area contributed by atoms with Crippen LogP contribution in [0.3, 0.4) is 0 Å². The zero-order valence-corrected chi connectivity index (χ0v) is 27.1. The molecule has 47 heavy (non-hydrogen) atoms. The summed E-state index contributed by atoms with van der Waals surface area (Å²) in [6, 6.07) is 13.6. The summed E-state index contributed by atoms with van der Waals surface area (Å²) in [7, 11) is 0. The molecule has 1 N–H and O–H groups in total. The minimum Gasteiger partial charge on any atom is -0.482 e. The van der Waals surface area contributed by atoms with E-state index in [0.717, 1.165) is 0 Å². The second-order valence-corrected chi connectivity index (χ2v) is 13.6. The van der Waals surface area contributed by atoms with Gasteiger partial charge in [-0.1, -0.05) is 32.0 Å². The van der Waals surface area contributed by atoms with Crippen LogP contribution < -0.4 is 10.4 Å². The average molecular weight is 646 g/mol. The van der Waals surface area contributed by atoms with Crippen LogP contribution in [0.4, 0.5) is 0 Å². The predicted octanol–water partition coefficient (Wildman–Crippen LogP) is 5.05. The lowest BCUT2D eigenvalue weighted by molar-refractivity contribution is -0.266. The molecule has 0 amide bonds. The summed E-state index contributed by atoms with van der Waals surface area (Å²) in [5, 5.41) is 12.3. The molecular formula is C36H39NO10. The van der Waals surface area contributed by atoms with E-state index in [2.05, 4.69) is 4.98 Å². The number of hydrogen-bond donors (Lipinski definition) is 1. The molecule has 2 aliphatic carbocycles. The number of aliphatic hydroxyl groups excluding tert-OH is 1. The van der Waals surface area contributed by atoms with Crippen molar-refractivity contribution in [1.82, 2.24) is 4.98 Å². The number of pyridine rings is 1. The first kappa shape index (κ1) is 32.4. The Hall–Kier alpha value is -4.51. The van der Waals surface area contributed by atoms with Gasteiger partial charge in [0.05, 0.1) is 11.7 Å². The van der Waals surface area contributed by atoms with Gasteiger partial charge in [-0.2, -0.15) is 0 Å². The fraction of sp³-hybridized carbons (Fsp3) is 0.472. The van der Waals surface area contributed by atoms with E-state index in [9.17, 15) is 24.3 Å². The van der Waals surface area contributed by atoms with Gasteiger partial charge in [0.15, 0.2) is 0 Å². The Morgan fingerprint density at radius 3 is 2.40 bits per heavy atom. The highest BCUT2D eigenvalue weighted by Gasteiger charge is 2.71. The van der Waals surface area contributed by atoms with E-state index >= 15 is 0 Å². The molecule has 2 saturated carbocycles. The number of hydrogen-bond acceptors (Lipinski definition) is 11. The maximum Gasteiger partial charge on any atom is 0.345 e. The molecule has 2 unspecified atom stereocenters. The maximum absolute atomic E-state index is 13.6. The topological polar surface area (TPSA) is 151 Å². The highest BCUT2D eigenvalue weighted by Crippen LogP contribution is 2.67. The van der Waals surface area contributed by atoms with Gasteiger partial charge < -0.3 is 28.5 Å². The zero-order chi connectivity index (χ0) is 33.7. The van der Waals surface area contributed by atoms with E-state index in [4.69, 9.17) is 23.4 Å². The molecular weight excluding hydrogens is 606 g/mol. The van der Waals surface area contributed by atoms with Crippen LogP contribution in [0.1, 0.15) is 75.9 Å². The second kappa shape index (κ2) is 11.9. The number of carbonyl (C=O) groups excluding carboxylic acids is 3. The lowest BCUT2D eigenvalue weighted by Gasteiger charge is -2.66. The maximum atomic E-state index is 13.6. The summed E-state index contributed by atoms with van der Waals surface area (Å²) in [5.41, 5.74) is -2.94. The highest BCUT2D eigenvalue weighted by molar-refractivity contribution is 5.89. The van der Waals surface area contributed by atoms with Gasteiger partial charge in [0, 0.05) is 49.2 Å². The molecule has 248 valence electrons. The molecule has 0 bridgehead atoms. The molecule has 3 aromatic rings. The Kier molecular flexibility index (Phi) is 8.24. The van der Waals surface area contributed by atoms with Crippen molar-refractivity contribution in [3.8, 4) is 17.1 Å². The van der Waals surface area contributed by atoms with Crippen molar-refractivity contribution in [2.75, 3.05) is 6.61 Å². The molecule has 1 aliphatic heterocycles. The van der Waals surface area contributed by atoms with Crippen molar-refractivity contribution < 1.29 is 42.9 Å². The van der Waals surface area contributed by atoms with Crippen LogP contribution in [-0.2, 0) is 23.8 Å². The van der Waals surface area contributed by atoms with E-state index < -0.39 is 70.1 Å². The summed E-state index contributed by atoms with van der Waals surface area (Å²) in [5.74, 6) is -2.43. The van der Waals surface area contributed by atoms with Crippen LogP contribution in [0, 0.1) is 22.7 Å². The van der Waals surface area contributed by atoms with Gasteiger partial charge in [-0.25, -0.2) is 9.59 Å². The third-order valence-corrected chi connectivity index (χ3v) is 10.7. The van der Waals surface area contributed by atoms with E-state index in [0.29, 0.717) is 24.0 Å². The first-order valence-electron chi connectivity index (χ1n) is 15.8. The lowest BCUT2D eigenvalue weighted by Crippen LogP contribution is -2.71. The van der Waals surface area contributed by atoms with E-state index in [1.54, 1.807) is 67.8 Å². The van der Waals surface area contributed by atoms with Gasteiger partial charge >= 0.3 is 23.5 Å². The average Bonchev–Trinajstić information content (AvgIpc) is 3.03. The molecule has 2 fully saturated rings. The molecule has 11 nitrogen and oxygen atoms in total. The molecule has 0 radical (unpaired) electrons. The minimum atomic E-state index is -1.38. The van der Waals surface area contributed by atoms with Crippen LogP contribution in [-0.4, -0.2) is 52.4 Å². The van der Waals surface area contributed by atoms with Crippen LogP contribution in [0.25, 0.3) is 11.3 Å². The fourth-order valence-electron chi connectivity index (χ4n) is 8.61. The predicted molar refractivity (Wildman–Crippen MR) is 167 cm³/mol. The SMILES string of the molecule is CC(=O)OC[C@@]1(C)C2C[C@H](OC(=O)c3ccccc3)[C@@]3(C)Oc4cc(-c5cccnc5)oc(=O)c4[C@H](O)C3[C@@]2(C)CC[C@@H]1OC(C)=O. The fourth-order valence-corrected chi connectivity index (χ4v) is 8.61. The number of esters is 3. The second-order valence-electron chi connectivity index (χ2n) is 13.6. The van der Waals surface area contributed by atoms with Crippen molar-refractivity contribution in [2.45, 2.75) is 77.8 Å². The van der Waals surface area contributed by atoms with Gasteiger partial charge in [-0.15, -0.1) is 0 Å². The molecule has 2 aromatic heterocycles. The summed E-state index contributed by atoms with van der Waals surface area (Å²) in [6.07, 6.45) is 1.31. The molecule has 3 heterocycles. The number of rotatable bonds is 6. The van der Waals surface area contributed by atoms with Crippen LogP contribution >= 0.6 is 0 Å². The number of benzene rings is 1. The number of carbonyl (C=O) groups is 3. The minimum absolute atomic E-state index is 0.0288. The Morgan fingerprint density at radius 1 is 1.00 bits per heavy atom. The van der Waals surface area contributed by atoms with Crippen molar-refractivity contribution >= 4 is 17.9 Å². The molecule has 1 aromatic carbocycles. The Bertz CT molecular complexity index is 1740. The third kappa shape index (κ3) is 5.50. The molecule has 6 rings (SSSR count). The van der Waals surface area contributed by atoms with Crippen molar-refractivity contribution in [2.24, 2.45) is 22.7 Å². The molecule has 11 heteroatoms. The Morgan fingerprint density at radius 2 is 1.74 bits per heavy atom. The van der Waals surface area contributed by atoms with Gasteiger partial charge in [0.1, 0.15) is 41.5 Å². The number of aromatic nitrogens is 1.